The van der Waals surface area contributed by atoms with Crippen molar-refractivity contribution in [2.45, 2.75) is 52.5 Å². The molecule has 1 aliphatic heterocycles. The van der Waals surface area contributed by atoms with Crippen LogP contribution in [0.5, 0.6) is 0 Å². The summed E-state index contributed by atoms with van der Waals surface area (Å²) >= 11 is 0. The monoisotopic (exact) mass is 275 g/mol. The second kappa shape index (κ2) is 6.55. The fourth-order valence-electron chi connectivity index (χ4n) is 2.28. The summed E-state index contributed by atoms with van der Waals surface area (Å²) in [7, 11) is -2.87. The lowest BCUT2D eigenvalue weighted by molar-refractivity contribution is -0.122. The van der Waals surface area contributed by atoms with Gasteiger partial charge in [-0.1, -0.05) is 13.8 Å². The smallest absolute Gasteiger partial charge is 0.220 e. The quantitative estimate of drug-likeness (QED) is 0.803. The van der Waals surface area contributed by atoms with Gasteiger partial charge in [-0.3, -0.25) is 4.79 Å². The van der Waals surface area contributed by atoms with Crippen molar-refractivity contribution in [3.63, 3.8) is 0 Å². The Kier molecular flexibility index (Phi) is 5.63. The average Bonchev–Trinajstić information content (AvgIpc) is 2.54. The van der Waals surface area contributed by atoms with Crippen LogP contribution in [-0.4, -0.2) is 31.9 Å². The van der Waals surface area contributed by atoms with Crippen molar-refractivity contribution in [2.75, 3.05) is 11.5 Å². The molecular formula is C13H25NO3S. The first kappa shape index (κ1) is 15.5. The number of hydrogen-bond donors (Lipinski definition) is 1. The van der Waals surface area contributed by atoms with Crippen molar-refractivity contribution in [2.24, 2.45) is 11.8 Å². The maximum atomic E-state index is 11.8. The molecule has 0 aromatic carbocycles. The lowest BCUT2D eigenvalue weighted by Gasteiger charge is -2.16. The van der Waals surface area contributed by atoms with Gasteiger partial charge in [-0.25, -0.2) is 8.42 Å². The topological polar surface area (TPSA) is 63.2 Å². The third kappa shape index (κ3) is 5.85. The van der Waals surface area contributed by atoms with E-state index in [1.165, 1.54) is 0 Å². The average molecular weight is 275 g/mol. The van der Waals surface area contributed by atoms with Gasteiger partial charge in [0.25, 0.3) is 0 Å². The molecule has 1 rings (SSSR count). The van der Waals surface area contributed by atoms with Crippen LogP contribution in [0.4, 0.5) is 0 Å². The first-order valence-electron chi connectivity index (χ1n) is 6.78. The highest BCUT2D eigenvalue weighted by atomic mass is 32.2. The van der Waals surface area contributed by atoms with Gasteiger partial charge < -0.3 is 5.32 Å². The zero-order valence-electron chi connectivity index (χ0n) is 11.6. The molecule has 18 heavy (non-hydrogen) atoms. The minimum atomic E-state index is -2.87. The summed E-state index contributed by atoms with van der Waals surface area (Å²) in [6.07, 6.45) is 3.06. The summed E-state index contributed by atoms with van der Waals surface area (Å²) < 4.78 is 22.6. The van der Waals surface area contributed by atoms with E-state index in [0.29, 0.717) is 18.8 Å². The molecule has 1 fully saturated rings. The summed E-state index contributed by atoms with van der Waals surface area (Å²) in [4.78, 5) is 11.8. The number of amides is 1. The molecule has 106 valence electrons. The van der Waals surface area contributed by atoms with Crippen LogP contribution in [0.1, 0.15) is 46.5 Å². The standard InChI is InChI=1S/C13H25NO3S/c1-10(2)4-5-11(3)14-13(15)8-12-6-7-18(16,17)9-12/h10-12H,4-9H2,1-3H3,(H,14,15). The zero-order valence-corrected chi connectivity index (χ0v) is 12.4. The van der Waals surface area contributed by atoms with Crippen LogP contribution in [-0.2, 0) is 14.6 Å². The Labute approximate surface area is 110 Å². The number of hydrogen-bond acceptors (Lipinski definition) is 3. The predicted octanol–water partition coefficient (Wildman–Crippen LogP) is 1.75. The molecule has 0 aromatic heterocycles. The van der Waals surface area contributed by atoms with E-state index >= 15 is 0 Å². The molecule has 1 amide bonds. The maximum absolute atomic E-state index is 11.8. The summed E-state index contributed by atoms with van der Waals surface area (Å²) in [6.45, 7) is 6.33. The SMILES string of the molecule is CC(C)CCC(C)NC(=O)CC1CCS(=O)(=O)C1. The Bertz CT molecular complexity index is 376. The van der Waals surface area contributed by atoms with Crippen molar-refractivity contribution in [1.82, 2.24) is 5.32 Å². The van der Waals surface area contributed by atoms with Gasteiger partial charge in [-0.05, 0) is 38.0 Å². The van der Waals surface area contributed by atoms with E-state index in [0.717, 1.165) is 12.8 Å². The van der Waals surface area contributed by atoms with Gasteiger partial charge in [-0.15, -0.1) is 0 Å². The Hall–Kier alpha value is -0.580. The van der Waals surface area contributed by atoms with E-state index in [2.05, 4.69) is 19.2 Å². The van der Waals surface area contributed by atoms with E-state index in [9.17, 15) is 13.2 Å². The van der Waals surface area contributed by atoms with E-state index in [4.69, 9.17) is 0 Å². The Balaban J connectivity index is 2.25. The fourth-order valence-corrected chi connectivity index (χ4v) is 4.15. The number of rotatable bonds is 6. The van der Waals surface area contributed by atoms with Crippen molar-refractivity contribution in [1.29, 1.82) is 0 Å². The minimum Gasteiger partial charge on any atom is -0.354 e. The van der Waals surface area contributed by atoms with Crippen LogP contribution in [0, 0.1) is 11.8 Å². The molecule has 1 aliphatic rings. The molecule has 0 aliphatic carbocycles. The zero-order chi connectivity index (χ0) is 13.8. The second-order valence-corrected chi connectivity index (χ2v) is 8.14. The molecular weight excluding hydrogens is 250 g/mol. The second-order valence-electron chi connectivity index (χ2n) is 5.91. The van der Waals surface area contributed by atoms with Crippen molar-refractivity contribution in [3.05, 3.63) is 0 Å². The molecule has 1 N–H and O–H groups in total. The summed E-state index contributed by atoms with van der Waals surface area (Å²) in [6, 6.07) is 0.179. The lowest BCUT2D eigenvalue weighted by atomic mass is 10.0. The van der Waals surface area contributed by atoms with Crippen LogP contribution in [0.3, 0.4) is 0 Å². The normalized spacial score (nSPS) is 24.1. The summed E-state index contributed by atoms with van der Waals surface area (Å²) in [5.41, 5.74) is 0. The van der Waals surface area contributed by atoms with Crippen molar-refractivity contribution < 1.29 is 13.2 Å². The molecule has 0 radical (unpaired) electrons. The van der Waals surface area contributed by atoms with Gasteiger partial charge in [-0.2, -0.15) is 0 Å². The fraction of sp³-hybridized carbons (Fsp3) is 0.923. The third-order valence-electron chi connectivity index (χ3n) is 3.39. The van der Waals surface area contributed by atoms with E-state index in [-0.39, 0.29) is 29.4 Å². The first-order chi connectivity index (χ1) is 8.28. The highest BCUT2D eigenvalue weighted by Gasteiger charge is 2.29. The van der Waals surface area contributed by atoms with Gasteiger partial charge in [0.05, 0.1) is 11.5 Å². The maximum Gasteiger partial charge on any atom is 0.220 e. The Morgan fingerprint density at radius 2 is 1.94 bits per heavy atom. The van der Waals surface area contributed by atoms with Gasteiger partial charge in [0.15, 0.2) is 9.84 Å². The molecule has 2 unspecified atom stereocenters. The van der Waals surface area contributed by atoms with Crippen molar-refractivity contribution >= 4 is 15.7 Å². The molecule has 0 spiro atoms. The molecule has 1 saturated heterocycles. The van der Waals surface area contributed by atoms with Crippen LogP contribution >= 0.6 is 0 Å². The largest absolute Gasteiger partial charge is 0.354 e. The number of carbonyl (C=O) groups excluding carboxylic acids is 1. The predicted molar refractivity (Wildman–Crippen MR) is 73.1 cm³/mol. The first-order valence-corrected chi connectivity index (χ1v) is 8.60. The van der Waals surface area contributed by atoms with Gasteiger partial charge in [0, 0.05) is 12.5 Å². The van der Waals surface area contributed by atoms with Gasteiger partial charge in [0.1, 0.15) is 0 Å². The van der Waals surface area contributed by atoms with Crippen molar-refractivity contribution in [3.8, 4) is 0 Å². The number of sulfone groups is 1. The van der Waals surface area contributed by atoms with Gasteiger partial charge in [0.2, 0.25) is 5.91 Å². The minimum absolute atomic E-state index is 0.00615. The van der Waals surface area contributed by atoms with E-state index in [1.54, 1.807) is 0 Å². The molecule has 5 heteroatoms. The number of nitrogens with one attached hydrogen (secondary N) is 1. The van der Waals surface area contributed by atoms with Crippen LogP contribution in [0.15, 0.2) is 0 Å². The van der Waals surface area contributed by atoms with E-state index in [1.807, 2.05) is 6.92 Å². The highest BCUT2D eigenvalue weighted by molar-refractivity contribution is 7.91. The van der Waals surface area contributed by atoms with Gasteiger partial charge >= 0.3 is 0 Å². The molecule has 0 bridgehead atoms. The van der Waals surface area contributed by atoms with Crippen LogP contribution < -0.4 is 5.32 Å². The molecule has 1 heterocycles. The summed E-state index contributed by atoms with van der Waals surface area (Å²) in [5.74, 6) is 1.08. The Morgan fingerprint density at radius 3 is 2.44 bits per heavy atom. The van der Waals surface area contributed by atoms with Crippen LogP contribution in [0.25, 0.3) is 0 Å². The van der Waals surface area contributed by atoms with E-state index < -0.39 is 9.84 Å². The molecule has 0 saturated carbocycles. The highest BCUT2D eigenvalue weighted by Crippen LogP contribution is 2.21. The molecule has 4 nitrogen and oxygen atoms in total. The Morgan fingerprint density at radius 1 is 1.28 bits per heavy atom. The lowest BCUT2D eigenvalue weighted by Crippen LogP contribution is -2.34. The summed E-state index contributed by atoms with van der Waals surface area (Å²) in [5, 5.41) is 2.96. The number of carbonyl (C=O) groups is 1. The molecule has 2 atom stereocenters. The molecule has 0 aromatic rings. The third-order valence-corrected chi connectivity index (χ3v) is 5.22. The van der Waals surface area contributed by atoms with Crippen LogP contribution in [0.2, 0.25) is 0 Å².